The molecule has 0 N–H and O–H groups in total. The van der Waals surface area contributed by atoms with Crippen LogP contribution in [0.3, 0.4) is 0 Å². The molecule has 0 aliphatic carbocycles. The van der Waals surface area contributed by atoms with Crippen LogP contribution < -0.4 is 9.47 Å². The number of aromatic nitrogens is 2. The Kier molecular flexibility index (Phi) is 7.15. The van der Waals surface area contributed by atoms with Crippen LogP contribution >= 0.6 is 0 Å². The topological polar surface area (TPSA) is 56.8 Å². The fraction of sp³-hybridized carbons (Fsp3) is 0.385. The highest BCUT2D eigenvalue weighted by Gasteiger charge is 2.38. The van der Waals surface area contributed by atoms with Gasteiger partial charge in [-0.2, -0.15) is 0 Å². The van der Waals surface area contributed by atoms with E-state index in [1.807, 2.05) is 60.9 Å². The first-order chi connectivity index (χ1) is 15.3. The summed E-state index contributed by atoms with van der Waals surface area (Å²) >= 11 is 0. The van der Waals surface area contributed by atoms with Crippen molar-refractivity contribution in [1.29, 1.82) is 0 Å². The number of ether oxygens (including phenoxy) is 3. The van der Waals surface area contributed by atoms with Crippen LogP contribution in [0.4, 0.5) is 0 Å². The lowest BCUT2D eigenvalue weighted by molar-refractivity contribution is 0.259. The maximum atomic E-state index is 5.88. The molecule has 2 unspecified atom stereocenters. The van der Waals surface area contributed by atoms with Gasteiger partial charge in [0.25, 0.3) is 0 Å². The summed E-state index contributed by atoms with van der Waals surface area (Å²) < 4.78 is 17.2. The average Bonchev–Trinajstić information content (AvgIpc) is 3.59. The van der Waals surface area contributed by atoms with Gasteiger partial charge in [0.2, 0.25) is 0 Å². The van der Waals surface area contributed by atoms with Crippen LogP contribution in [0.1, 0.15) is 39.5 Å². The van der Waals surface area contributed by atoms with Crippen LogP contribution in [0.15, 0.2) is 60.9 Å². The molecule has 0 bridgehead atoms. The third-order valence-corrected chi connectivity index (χ3v) is 5.35. The number of hydrogen-bond donors (Lipinski definition) is 0. The Balaban J connectivity index is 1.34. The van der Waals surface area contributed by atoms with E-state index in [9.17, 15) is 0 Å². The molecule has 31 heavy (non-hydrogen) atoms. The van der Waals surface area contributed by atoms with Crippen molar-refractivity contribution in [3.05, 3.63) is 60.9 Å². The maximum Gasteiger partial charge on any atom is 0.159 e. The molecule has 1 aliphatic rings. The number of nitrogens with zero attached hydrogens (tertiary/aromatic N) is 2. The SMILES string of the molecule is CCCCC1OC1COc1ccc(-c2cnc(-c3cccc(OCCC)c3)nc2)cc1. The van der Waals surface area contributed by atoms with Gasteiger partial charge >= 0.3 is 0 Å². The van der Waals surface area contributed by atoms with E-state index >= 15 is 0 Å². The molecule has 1 aliphatic heterocycles. The van der Waals surface area contributed by atoms with E-state index < -0.39 is 0 Å². The molecule has 2 heterocycles. The highest BCUT2D eigenvalue weighted by molar-refractivity contribution is 5.64. The standard InChI is InChI=1S/C26H30N2O3/c1-3-5-9-24-25(31-24)18-30-22-12-10-19(11-13-22)21-16-27-26(28-17-21)20-7-6-8-23(15-20)29-14-4-2/h6-8,10-13,15-17,24-25H,3-5,9,14,18H2,1-2H3. The highest BCUT2D eigenvalue weighted by Crippen LogP contribution is 2.29. The second-order valence-electron chi connectivity index (χ2n) is 7.86. The van der Waals surface area contributed by atoms with Crippen molar-refractivity contribution in [2.45, 2.75) is 51.7 Å². The third kappa shape index (κ3) is 5.82. The zero-order valence-corrected chi connectivity index (χ0v) is 18.3. The number of hydrogen-bond acceptors (Lipinski definition) is 5. The van der Waals surface area contributed by atoms with E-state index in [4.69, 9.17) is 14.2 Å². The molecule has 5 nitrogen and oxygen atoms in total. The van der Waals surface area contributed by atoms with Gasteiger partial charge in [-0.3, -0.25) is 0 Å². The third-order valence-electron chi connectivity index (χ3n) is 5.35. The first-order valence-corrected chi connectivity index (χ1v) is 11.2. The number of benzene rings is 2. The molecule has 1 aromatic heterocycles. The van der Waals surface area contributed by atoms with Crippen molar-refractivity contribution in [3.63, 3.8) is 0 Å². The summed E-state index contributed by atoms with van der Waals surface area (Å²) in [5, 5.41) is 0. The van der Waals surface area contributed by atoms with Crippen molar-refractivity contribution >= 4 is 0 Å². The minimum Gasteiger partial charge on any atom is -0.494 e. The Morgan fingerprint density at radius 1 is 0.806 bits per heavy atom. The molecule has 2 atom stereocenters. The van der Waals surface area contributed by atoms with Crippen LogP contribution in [0.2, 0.25) is 0 Å². The van der Waals surface area contributed by atoms with Crippen LogP contribution in [0, 0.1) is 0 Å². The summed E-state index contributed by atoms with van der Waals surface area (Å²) in [4.78, 5) is 9.11. The number of unbranched alkanes of at least 4 members (excludes halogenated alkanes) is 1. The first-order valence-electron chi connectivity index (χ1n) is 11.2. The smallest absolute Gasteiger partial charge is 0.159 e. The van der Waals surface area contributed by atoms with Crippen molar-refractivity contribution in [2.24, 2.45) is 0 Å². The van der Waals surface area contributed by atoms with Gasteiger partial charge in [-0.1, -0.05) is 51.0 Å². The minimum atomic E-state index is 0.248. The predicted molar refractivity (Wildman–Crippen MR) is 122 cm³/mol. The van der Waals surface area contributed by atoms with E-state index in [1.54, 1.807) is 0 Å². The van der Waals surface area contributed by atoms with Crippen molar-refractivity contribution < 1.29 is 14.2 Å². The summed E-state index contributed by atoms with van der Waals surface area (Å²) in [6.07, 6.45) is 8.88. The lowest BCUT2D eigenvalue weighted by Crippen LogP contribution is -2.07. The van der Waals surface area contributed by atoms with E-state index in [0.29, 0.717) is 25.1 Å². The molecular formula is C26H30N2O3. The van der Waals surface area contributed by atoms with Gasteiger partial charge < -0.3 is 14.2 Å². The summed E-state index contributed by atoms with van der Waals surface area (Å²) in [6, 6.07) is 15.9. The average molecular weight is 419 g/mol. The van der Waals surface area contributed by atoms with Gasteiger partial charge in [-0.25, -0.2) is 9.97 Å². The van der Waals surface area contributed by atoms with Gasteiger partial charge in [0.05, 0.1) is 12.7 Å². The molecular weight excluding hydrogens is 388 g/mol. The van der Waals surface area contributed by atoms with Gasteiger partial charge in [-0.15, -0.1) is 0 Å². The zero-order chi connectivity index (χ0) is 21.5. The van der Waals surface area contributed by atoms with Gasteiger partial charge in [-0.05, 0) is 42.7 Å². The molecule has 5 heteroatoms. The Bertz CT molecular complexity index is 957. The molecule has 0 radical (unpaired) electrons. The monoisotopic (exact) mass is 418 g/mol. The lowest BCUT2D eigenvalue weighted by Gasteiger charge is -2.08. The summed E-state index contributed by atoms with van der Waals surface area (Å²) in [5.74, 6) is 2.39. The number of rotatable bonds is 11. The first kappa shape index (κ1) is 21.3. The fourth-order valence-corrected chi connectivity index (χ4v) is 3.48. The number of epoxide rings is 1. The molecule has 0 amide bonds. The summed E-state index contributed by atoms with van der Waals surface area (Å²) in [5.41, 5.74) is 2.98. The minimum absolute atomic E-state index is 0.248. The highest BCUT2D eigenvalue weighted by atomic mass is 16.6. The molecule has 1 fully saturated rings. The fourth-order valence-electron chi connectivity index (χ4n) is 3.48. The van der Waals surface area contributed by atoms with Crippen LogP contribution in [-0.4, -0.2) is 35.4 Å². The van der Waals surface area contributed by atoms with E-state index in [1.165, 1.54) is 12.8 Å². The Morgan fingerprint density at radius 3 is 2.35 bits per heavy atom. The van der Waals surface area contributed by atoms with Crippen LogP contribution in [0.25, 0.3) is 22.5 Å². The molecule has 0 saturated carbocycles. The maximum absolute atomic E-state index is 5.88. The Morgan fingerprint density at radius 2 is 1.61 bits per heavy atom. The molecule has 162 valence electrons. The summed E-state index contributed by atoms with van der Waals surface area (Å²) in [6.45, 7) is 5.62. The van der Waals surface area contributed by atoms with Crippen LogP contribution in [-0.2, 0) is 4.74 Å². The van der Waals surface area contributed by atoms with E-state index in [2.05, 4.69) is 23.8 Å². The van der Waals surface area contributed by atoms with E-state index in [-0.39, 0.29) is 6.10 Å². The molecule has 2 aromatic carbocycles. The largest absolute Gasteiger partial charge is 0.494 e. The van der Waals surface area contributed by atoms with E-state index in [0.717, 1.165) is 41.0 Å². The van der Waals surface area contributed by atoms with Gasteiger partial charge in [0, 0.05) is 23.5 Å². The summed E-state index contributed by atoms with van der Waals surface area (Å²) in [7, 11) is 0. The van der Waals surface area contributed by atoms with Crippen molar-refractivity contribution in [2.75, 3.05) is 13.2 Å². The second-order valence-corrected chi connectivity index (χ2v) is 7.86. The molecule has 4 rings (SSSR count). The van der Waals surface area contributed by atoms with Gasteiger partial charge in [0.1, 0.15) is 24.2 Å². The normalized spacial score (nSPS) is 17.4. The lowest BCUT2D eigenvalue weighted by atomic mass is 10.1. The molecule has 0 spiro atoms. The molecule has 1 saturated heterocycles. The van der Waals surface area contributed by atoms with Crippen molar-refractivity contribution in [1.82, 2.24) is 9.97 Å². The molecule has 3 aromatic rings. The van der Waals surface area contributed by atoms with Crippen LogP contribution in [0.5, 0.6) is 11.5 Å². The van der Waals surface area contributed by atoms with Crippen molar-refractivity contribution in [3.8, 4) is 34.0 Å². The second kappa shape index (κ2) is 10.4. The predicted octanol–water partition coefficient (Wildman–Crippen LogP) is 5.94. The quantitative estimate of drug-likeness (QED) is 0.361. The Hall–Kier alpha value is -2.92. The zero-order valence-electron chi connectivity index (χ0n) is 18.3. The van der Waals surface area contributed by atoms with Gasteiger partial charge in [0.15, 0.2) is 5.82 Å². The Labute approximate surface area is 184 Å².